The Morgan fingerprint density at radius 1 is 2.00 bits per heavy atom. The summed E-state index contributed by atoms with van der Waals surface area (Å²) in [6.45, 7) is 0. The number of rotatable bonds is 0. The van der Waals surface area contributed by atoms with Crippen molar-refractivity contribution in [3.8, 4) is 0 Å². The van der Waals surface area contributed by atoms with E-state index in [4.69, 9.17) is 4.52 Å². The Bertz CT molecular complexity index is 145. The van der Waals surface area contributed by atoms with Crippen molar-refractivity contribution in [2.75, 3.05) is 7.05 Å². The second-order valence-corrected chi connectivity index (χ2v) is 3.08. The molecule has 1 unspecified atom stereocenters. The Morgan fingerprint density at radius 3 is 3.12 bits per heavy atom. The lowest BCUT2D eigenvalue weighted by atomic mass is 10.0. The van der Waals surface area contributed by atoms with Crippen molar-refractivity contribution in [1.82, 2.24) is 4.67 Å². The first-order valence-electron chi connectivity index (χ1n) is 2.69. The molecule has 1 saturated heterocycles. The van der Waals surface area contributed by atoms with Crippen LogP contribution in [0.25, 0.3) is 0 Å². The fourth-order valence-electron chi connectivity index (χ4n) is 0.923. The third-order valence-electron chi connectivity index (χ3n) is 1.60. The molecule has 2 aliphatic rings. The number of likely N-dealkylation sites (N-methyl/N-ethyl adjacent to an activating group) is 1. The van der Waals surface area contributed by atoms with Gasteiger partial charge in [0.2, 0.25) is 0 Å². The van der Waals surface area contributed by atoms with E-state index in [0.29, 0.717) is 6.04 Å². The molecule has 0 saturated carbocycles. The maximum atomic E-state index is 5.22. The number of fused-ring (bicyclic) bond motifs is 1. The lowest BCUT2D eigenvalue weighted by Crippen LogP contribution is -2.25. The highest BCUT2D eigenvalue weighted by Gasteiger charge is 2.25. The van der Waals surface area contributed by atoms with Crippen molar-refractivity contribution >= 4 is 8.96 Å². The van der Waals surface area contributed by atoms with Crippen LogP contribution < -0.4 is 0 Å². The third kappa shape index (κ3) is 0.448. The molecule has 1 aliphatic heterocycles. The zero-order chi connectivity index (χ0) is 5.56. The maximum absolute atomic E-state index is 5.22. The standard InChI is InChI=1S/C5H7NOP/c1-6-4-2-3-5(4)7-8-6/h3-4H,2H2,1H3/q-1. The van der Waals surface area contributed by atoms with Crippen LogP contribution in [-0.4, -0.2) is 17.8 Å². The summed E-state index contributed by atoms with van der Waals surface area (Å²) in [7, 11) is 3.08. The molecule has 2 nitrogen and oxygen atoms in total. The van der Waals surface area contributed by atoms with Gasteiger partial charge in [0, 0.05) is 6.04 Å². The highest BCUT2D eigenvalue weighted by atomic mass is 31.1. The van der Waals surface area contributed by atoms with Gasteiger partial charge in [-0.1, -0.05) is 0 Å². The van der Waals surface area contributed by atoms with E-state index in [2.05, 4.69) is 17.8 Å². The van der Waals surface area contributed by atoms with Crippen LogP contribution in [0.5, 0.6) is 0 Å². The Hall–Kier alpha value is -0.0700. The molecule has 0 amide bonds. The second kappa shape index (κ2) is 1.46. The Kier molecular flexibility index (Phi) is 0.870. The van der Waals surface area contributed by atoms with Crippen molar-refractivity contribution in [2.45, 2.75) is 12.5 Å². The molecule has 1 heterocycles. The van der Waals surface area contributed by atoms with E-state index in [1.807, 2.05) is 0 Å². The Labute approximate surface area is 50.4 Å². The molecule has 1 aliphatic carbocycles. The van der Waals surface area contributed by atoms with E-state index in [9.17, 15) is 0 Å². The van der Waals surface area contributed by atoms with Crippen LogP contribution in [0.1, 0.15) is 6.42 Å². The van der Waals surface area contributed by atoms with E-state index >= 15 is 0 Å². The first kappa shape index (κ1) is 4.78. The Morgan fingerprint density at radius 2 is 2.88 bits per heavy atom. The van der Waals surface area contributed by atoms with E-state index in [0.717, 1.165) is 8.96 Å². The van der Waals surface area contributed by atoms with Gasteiger partial charge in [-0.15, -0.1) is 0 Å². The number of hydrogen-bond donors (Lipinski definition) is 0. The molecule has 8 heavy (non-hydrogen) atoms. The zero-order valence-corrected chi connectivity index (χ0v) is 5.56. The predicted octanol–water partition coefficient (Wildman–Crippen LogP) is 1.38. The molecule has 0 spiro atoms. The molecule has 1 atom stereocenters. The van der Waals surface area contributed by atoms with Gasteiger partial charge < -0.3 is 9.19 Å². The van der Waals surface area contributed by atoms with Crippen molar-refractivity contribution in [3.63, 3.8) is 0 Å². The number of hydrogen-bond acceptors (Lipinski definition) is 2. The van der Waals surface area contributed by atoms with Gasteiger partial charge in [-0.05, 0) is 19.5 Å². The molecule has 0 aromatic heterocycles. The molecule has 0 N–H and O–H groups in total. The van der Waals surface area contributed by atoms with Crippen molar-refractivity contribution < 1.29 is 4.52 Å². The molecule has 0 radical (unpaired) electrons. The fourth-order valence-corrected chi connectivity index (χ4v) is 1.66. The molecule has 3 heteroatoms. The molecule has 1 fully saturated rings. The smallest absolute Gasteiger partial charge is 0.0730 e. The minimum absolute atomic E-state index is 0.622. The summed E-state index contributed by atoms with van der Waals surface area (Å²) < 4.78 is 7.41. The molecule has 44 valence electrons. The second-order valence-electron chi connectivity index (χ2n) is 2.10. The van der Waals surface area contributed by atoms with Crippen LogP contribution in [0.2, 0.25) is 0 Å². The van der Waals surface area contributed by atoms with Gasteiger partial charge in [0.05, 0.1) is 5.76 Å². The van der Waals surface area contributed by atoms with Gasteiger partial charge in [-0.25, -0.2) is 8.96 Å². The van der Waals surface area contributed by atoms with Crippen molar-refractivity contribution in [3.05, 3.63) is 11.8 Å². The van der Waals surface area contributed by atoms with Crippen LogP contribution in [0.15, 0.2) is 11.8 Å². The lowest BCUT2D eigenvalue weighted by Gasteiger charge is -2.27. The summed E-state index contributed by atoms with van der Waals surface area (Å²) in [5.74, 6) is 1.18. The quantitative estimate of drug-likeness (QED) is 0.457. The average molecular weight is 128 g/mol. The molecular weight excluding hydrogens is 121 g/mol. The van der Waals surface area contributed by atoms with E-state index < -0.39 is 0 Å². The fraction of sp³-hybridized carbons (Fsp3) is 0.600. The van der Waals surface area contributed by atoms with Gasteiger partial charge in [0.1, 0.15) is 0 Å². The molecule has 0 aromatic carbocycles. The van der Waals surface area contributed by atoms with E-state index in [1.54, 1.807) is 0 Å². The van der Waals surface area contributed by atoms with Crippen LogP contribution in [0.3, 0.4) is 0 Å². The van der Waals surface area contributed by atoms with Gasteiger partial charge in [-0.2, -0.15) is 0 Å². The summed E-state index contributed by atoms with van der Waals surface area (Å²) in [5.41, 5.74) is 0. The van der Waals surface area contributed by atoms with E-state index in [1.165, 1.54) is 12.2 Å². The summed E-state index contributed by atoms with van der Waals surface area (Å²) in [6, 6.07) is 0.622. The summed E-state index contributed by atoms with van der Waals surface area (Å²) in [5, 5.41) is 0. The minimum atomic E-state index is 0.622. The first-order chi connectivity index (χ1) is 3.88. The van der Waals surface area contributed by atoms with Gasteiger partial charge in [0.15, 0.2) is 0 Å². The normalized spacial score (nSPS) is 38.1. The highest BCUT2D eigenvalue weighted by molar-refractivity contribution is 7.29. The van der Waals surface area contributed by atoms with Crippen molar-refractivity contribution in [2.24, 2.45) is 0 Å². The van der Waals surface area contributed by atoms with Crippen LogP contribution in [0.4, 0.5) is 0 Å². The predicted molar refractivity (Wildman–Crippen MR) is 32.3 cm³/mol. The summed E-state index contributed by atoms with van der Waals surface area (Å²) in [6.07, 6.45) is 3.32. The van der Waals surface area contributed by atoms with E-state index in [-0.39, 0.29) is 0 Å². The summed E-state index contributed by atoms with van der Waals surface area (Å²) >= 11 is 0. The Balaban J connectivity index is 2.20. The van der Waals surface area contributed by atoms with Gasteiger partial charge in [0.25, 0.3) is 0 Å². The topological polar surface area (TPSA) is 12.5 Å². The van der Waals surface area contributed by atoms with Crippen LogP contribution in [-0.2, 0) is 4.52 Å². The molecular formula is C5H7NOP-. The monoisotopic (exact) mass is 128 g/mol. The summed E-state index contributed by atoms with van der Waals surface area (Å²) in [4.78, 5) is 0. The minimum Gasteiger partial charge on any atom is -0.656 e. The average Bonchev–Trinajstić information content (AvgIpc) is 1.80. The first-order valence-corrected chi connectivity index (χ1v) is 3.45. The molecule has 2 rings (SSSR count). The van der Waals surface area contributed by atoms with Crippen LogP contribution in [0, 0.1) is 0 Å². The maximum Gasteiger partial charge on any atom is 0.0730 e. The SMILES string of the molecule is CN1[P-]OC2=CCC21. The molecule has 0 bridgehead atoms. The zero-order valence-electron chi connectivity index (χ0n) is 4.66. The number of nitrogens with zero attached hydrogens (tertiary/aromatic N) is 1. The highest BCUT2D eigenvalue weighted by Crippen LogP contribution is 2.43. The van der Waals surface area contributed by atoms with Gasteiger partial charge in [-0.3, -0.25) is 0 Å². The van der Waals surface area contributed by atoms with Crippen molar-refractivity contribution in [1.29, 1.82) is 0 Å². The largest absolute Gasteiger partial charge is 0.656 e. The third-order valence-corrected chi connectivity index (χ3v) is 2.43. The van der Waals surface area contributed by atoms with Gasteiger partial charge >= 0.3 is 0 Å². The van der Waals surface area contributed by atoms with Crippen LogP contribution >= 0.6 is 8.96 Å². The lowest BCUT2D eigenvalue weighted by molar-refractivity contribution is 0.381. The molecule has 0 aromatic rings.